The van der Waals surface area contributed by atoms with E-state index in [1.54, 1.807) is 12.1 Å². The first-order valence-electron chi connectivity index (χ1n) is 3.90. The Labute approximate surface area is 86.9 Å². The van der Waals surface area contributed by atoms with Gasteiger partial charge in [-0.2, -0.15) is 0 Å². The highest BCUT2D eigenvalue weighted by Crippen LogP contribution is 2.06. The Bertz CT molecular complexity index is 387. The van der Waals surface area contributed by atoms with E-state index in [2.05, 4.69) is 11.8 Å². The molecule has 14 heavy (non-hydrogen) atoms. The number of alkyl halides is 1. The molecule has 0 spiro atoms. The monoisotopic (exact) mass is 206 g/mol. The third kappa shape index (κ3) is 2.72. The third-order valence-corrected chi connectivity index (χ3v) is 1.68. The maximum absolute atomic E-state index is 10.5. The molecule has 0 atom stereocenters. The molecule has 0 saturated heterocycles. The van der Waals surface area contributed by atoms with Gasteiger partial charge < -0.3 is 0 Å². The quantitative estimate of drug-likeness (QED) is 0.421. The minimum Gasteiger partial charge on any atom is -0.298 e. The molecule has 0 amide bonds. The molecule has 0 aliphatic rings. The van der Waals surface area contributed by atoms with Crippen LogP contribution in [0.25, 0.3) is 0 Å². The predicted octanol–water partition coefficient (Wildman–Crippen LogP) is 1.90. The number of carbonyl (C=O) groups excluding carboxylic acids is 2. The minimum atomic E-state index is 0.224. The molecule has 0 bridgehead atoms. The smallest absolute Gasteiger partial charge is 0.150 e. The SMILES string of the molecule is O=Cc1cc(C#CCCl)cc(C=O)c1. The number of halogens is 1. The highest BCUT2D eigenvalue weighted by atomic mass is 35.5. The molecule has 0 aliphatic heterocycles. The first kappa shape index (κ1) is 10.5. The number of benzene rings is 1. The Balaban J connectivity index is 3.16. The second-order valence-corrected chi connectivity index (χ2v) is 2.83. The van der Waals surface area contributed by atoms with E-state index in [4.69, 9.17) is 11.6 Å². The second kappa shape index (κ2) is 5.21. The van der Waals surface area contributed by atoms with Crippen LogP contribution >= 0.6 is 11.6 Å². The van der Waals surface area contributed by atoms with E-state index in [-0.39, 0.29) is 5.88 Å². The Morgan fingerprint density at radius 2 is 1.71 bits per heavy atom. The summed E-state index contributed by atoms with van der Waals surface area (Å²) in [6.07, 6.45) is 1.36. The Hall–Kier alpha value is -1.59. The molecule has 2 nitrogen and oxygen atoms in total. The zero-order valence-electron chi connectivity index (χ0n) is 7.29. The van der Waals surface area contributed by atoms with Crippen LogP contribution in [0.15, 0.2) is 18.2 Å². The van der Waals surface area contributed by atoms with Crippen LogP contribution in [0.2, 0.25) is 0 Å². The first-order valence-corrected chi connectivity index (χ1v) is 4.44. The van der Waals surface area contributed by atoms with Gasteiger partial charge in [0.2, 0.25) is 0 Å². The van der Waals surface area contributed by atoms with E-state index < -0.39 is 0 Å². The van der Waals surface area contributed by atoms with Gasteiger partial charge in [0, 0.05) is 16.7 Å². The molecular formula is C11H7ClO2. The lowest BCUT2D eigenvalue weighted by atomic mass is 10.1. The van der Waals surface area contributed by atoms with Crippen molar-refractivity contribution in [2.45, 2.75) is 0 Å². The van der Waals surface area contributed by atoms with Crippen molar-refractivity contribution in [1.82, 2.24) is 0 Å². The van der Waals surface area contributed by atoms with Crippen molar-refractivity contribution < 1.29 is 9.59 Å². The van der Waals surface area contributed by atoms with Gasteiger partial charge >= 0.3 is 0 Å². The third-order valence-electron chi connectivity index (χ3n) is 1.55. The van der Waals surface area contributed by atoms with Gasteiger partial charge in [-0.1, -0.05) is 11.8 Å². The van der Waals surface area contributed by atoms with Crippen LogP contribution in [0, 0.1) is 11.8 Å². The number of aldehydes is 2. The molecule has 3 heteroatoms. The molecule has 0 heterocycles. The largest absolute Gasteiger partial charge is 0.298 e. The molecule has 0 saturated carbocycles. The standard InChI is InChI=1S/C11H7ClO2/c12-3-1-2-9-4-10(7-13)6-11(5-9)8-14/h4-8H,3H2. The predicted molar refractivity (Wildman–Crippen MR) is 54.8 cm³/mol. The Morgan fingerprint density at radius 3 is 2.14 bits per heavy atom. The van der Waals surface area contributed by atoms with E-state index in [1.165, 1.54) is 6.07 Å². The molecule has 0 unspecified atom stereocenters. The fraction of sp³-hybridized carbons (Fsp3) is 0.0909. The van der Waals surface area contributed by atoms with Crippen molar-refractivity contribution in [3.05, 3.63) is 34.9 Å². The molecule has 0 aromatic heterocycles. The topological polar surface area (TPSA) is 34.1 Å². The van der Waals surface area contributed by atoms with E-state index >= 15 is 0 Å². The highest BCUT2D eigenvalue weighted by molar-refractivity contribution is 6.19. The second-order valence-electron chi connectivity index (χ2n) is 2.56. The average molecular weight is 207 g/mol. The van der Waals surface area contributed by atoms with Crippen molar-refractivity contribution in [2.24, 2.45) is 0 Å². The summed E-state index contributed by atoms with van der Waals surface area (Å²) >= 11 is 5.39. The van der Waals surface area contributed by atoms with E-state index in [9.17, 15) is 9.59 Å². The number of hydrogen-bond acceptors (Lipinski definition) is 2. The van der Waals surface area contributed by atoms with Crippen molar-refractivity contribution in [3.8, 4) is 11.8 Å². The summed E-state index contributed by atoms with van der Waals surface area (Å²) in [7, 11) is 0. The molecule has 0 fully saturated rings. The highest BCUT2D eigenvalue weighted by Gasteiger charge is 1.97. The number of hydrogen-bond donors (Lipinski definition) is 0. The number of carbonyl (C=O) groups is 2. The van der Waals surface area contributed by atoms with Crippen LogP contribution < -0.4 is 0 Å². The molecule has 0 N–H and O–H groups in total. The Morgan fingerprint density at radius 1 is 1.14 bits per heavy atom. The lowest BCUT2D eigenvalue weighted by Crippen LogP contribution is -1.88. The van der Waals surface area contributed by atoms with Crippen molar-refractivity contribution in [2.75, 3.05) is 5.88 Å². The molecule has 1 aromatic carbocycles. The lowest BCUT2D eigenvalue weighted by molar-refractivity contribution is 0.112. The maximum Gasteiger partial charge on any atom is 0.150 e. The van der Waals surface area contributed by atoms with Gasteiger partial charge in [0.1, 0.15) is 12.6 Å². The molecule has 0 aliphatic carbocycles. The summed E-state index contributed by atoms with van der Waals surface area (Å²) in [5, 5.41) is 0. The summed E-state index contributed by atoms with van der Waals surface area (Å²) in [6.45, 7) is 0. The fourth-order valence-corrected chi connectivity index (χ4v) is 1.09. The van der Waals surface area contributed by atoms with Crippen LogP contribution in [0.1, 0.15) is 26.3 Å². The van der Waals surface area contributed by atoms with Crippen LogP contribution in [0.5, 0.6) is 0 Å². The summed E-state index contributed by atoms with van der Waals surface area (Å²) in [5.41, 5.74) is 1.50. The van der Waals surface area contributed by atoms with Crippen LogP contribution in [-0.4, -0.2) is 18.5 Å². The van der Waals surface area contributed by atoms with Gasteiger partial charge in [0.05, 0.1) is 5.88 Å². The lowest BCUT2D eigenvalue weighted by Gasteiger charge is -1.95. The van der Waals surface area contributed by atoms with Crippen LogP contribution in [0.4, 0.5) is 0 Å². The van der Waals surface area contributed by atoms with Gasteiger partial charge in [-0.15, -0.1) is 11.6 Å². The van der Waals surface area contributed by atoms with Gasteiger partial charge in [-0.05, 0) is 18.2 Å². The summed E-state index contributed by atoms with van der Waals surface area (Å²) in [6, 6.07) is 4.73. The van der Waals surface area contributed by atoms with Gasteiger partial charge in [0.25, 0.3) is 0 Å². The summed E-state index contributed by atoms with van der Waals surface area (Å²) in [5.74, 6) is 5.62. The minimum absolute atomic E-state index is 0.224. The molecule has 70 valence electrons. The van der Waals surface area contributed by atoms with E-state index in [0.29, 0.717) is 29.3 Å². The fourth-order valence-electron chi connectivity index (χ4n) is 1.02. The molecular weight excluding hydrogens is 200 g/mol. The van der Waals surface area contributed by atoms with Gasteiger partial charge in [-0.25, -0.2) is 0 Å². The van der Waals surface area contributed by atoms with Crippen LogP contribution in [-0.2, 0) is 0 Å². The summed E-state index contributed by atoms with van der Waals surface area (Å²) in [4.78, 5) is 21.0. The first-order chi connectivity index (χ1) is 6.80. The van der Waals surface area contributed by atoms with Gasteiger partial charge in [-0.3, -0.25) is 9.59 Å². The van der Waals surface area contributed by atoms with Crippen molar-refractivity contribution >= 4 is 24.2 Å². The molecule has 0 radical (unpaired) electrons. The average Bonchev–Trinajstić information content (AvgIpc) is 2.25. The van der Waals surface area contributed by atoms with E-state index in [0.717, 1.165) is 0 Å². The zero-order valence-corrected chi connectivity index (χ0v) is 8.04. The molecule has 1 rings (SSSR count). The van der Waals surface area contributed by atoms with E-state index in [1.807, 2.05) is 0 Å². The van der Waals surface area contributed by atoms with Gasteiger partial charge in [0.15, 0.2) is 0 Å². The molecule has 1 aromatic rings. The van der Waals surface area contributed by atoms with Crippen LogP contribution in [0.3, 0.4) is 0 Å². The normalized spacial score (nSPS) is 8.64. The zero-order chi connectivity index (χ0) is 10.4. The van der Waals surface area contributed by atoms with Crippen molar-refractivity contribution in [3.63, 3.8) is 0 Å². The Kier molecular flexibility index (Phi) is 3.90. The maximum atomic E-state index is 10.5. The number of rotatable bonds is 2. The van der Waals surface area contributed by atoms with Crippen molar-refractivity contribution in [1.29, 1.82) is 0 Å². The summed E-state index contributed by atoms with van der Waals surface area (Å²) < 4.78 is 0.